The number of thioether (sulfide) groups is 1. The second kappa shape index (κ2) is 7.40. The second-order valence-electron chi connectivity index (χ2n) is 6.34. The van der Waals surface area contributed by atoms with E-state index in [1.54, 1.807) is 11.2 Å². The summed E-state index contributed by atoms with van der Waals surface area (Å²) in [6.07, 6.45) is 1.57. The summed E-state index contributed by atoms with van der Waals surface area (Å²) >= 11 is 1.44. The van der Waals surface area contributed by atoms with Crippen LogP contribution in [0.15, 0.2) is 59.9 Å². The Labute approximate surface area is 161 Å². The number of aromatic nitrogens is 3. The molecule has 0 spiro atoms. The van der Waals surface area contributed by atoms with Crippen molar-refractivity contribution in [3.63, 3.8) is 0 Å². The van der Waals surface area contributed by atoms with Crippen LogP contribution in [0.3, 0.4) is 0 Å². The zero-order valence-corrected chi connectivity index (χ0v) is 16.1. The van der Waals surface area contributed by atoms with Gasteiger partial charge in [0.25, 0.3) is 0 Å². The number of carbonyl (C=O) groups excluding carboxylic acids is 1. The minimum atomic E-state index is 0.0624. The van der Waals surface area contributed by atoms with Crippen LogP contribution < -0.4 is 4.90 Å². The molecule has 27 heavy (non-hydrogen) atoms. The number of hydrogen-bond acceptors (Lipinski definition) is 4. The molecule has 0 atom stereocenters. The summed E-state index contributed by atoms with van der Waals surface area (Å²) in [5.41, 5.74) is 4.92. The molecule has 6 heteroatoms. The molecule has 0 unspecified atom stereocenters. The largest absolute Gasteiger partial charge is 0.351 e. The summed E-state index contributed by atoms with van der Waals surface area (Å²) in [4.78, 5) is 26.8. The number of H-pyrrole nitrogens is 1. The van der Waals surface area contributed by atoms with E-state index in [2.05, 4.69) is 40.1 Å². The average Bonchev–Trinajstić information content (AvgIpc) is 3.06. The van der Waals surface area contributed by atoms with Crippen LogP contribution in [0, 0.1) is 6.92 Å². The van der Waals surface area contributed by atoms with Gasteiger partial charge in [-0.2, -0.15) is 0 Å². The highest BCUT2D eigenvalue weighted by Crippen LogP contribution is 2.30. The Morgan fingerprint density at radius 3 is 2.74 bits per heavy atom. The van der Waals surface area contributed by atoms with Crippen LogP contribution >= 0.6 is 11.8 Å². The number of anilines is 1. The monoisotopic (exact) mass is 376 g/mol. The number of hydrogen-bond donors (Lipinski definition) is 1. The molecule has 1 N–H and O–H groups in total. The fraction of sp³-hybridized carbons (Fsp3) is 0.190. The standard InChI is InChI=1S/C21H20N4OS/c1-3-25(15-7-5-4-6-8-15)18(26)12-27-21-20-19(22-13-23-21)16-11-14(2)9-10-17(16)24-20/h4-11,13,24H,3,12H2,1-2H3. The quantitative estimate of drug-likeness (QED) is 0.409. The fourth-order valence-corrected chi connectivity index (χ4v) is 4.04. The Bertz CT molecular complexity index is 1110. The molecular formula is C21H20N4OS. The number of aromatic amines is 1. The van der Waals surface area contributed by atoms with Gasteiger partial charge in [0.1, 0.15) is 16.9 Å². The number of aryl methyl sites for hydroxylation is 1. The number of para-hydroxylation sites is 1. The van der Waals surface area contributed by atoms with Crippen LogP contribution in [0.25, 0.3) is 21.9 Å². The molecule has 0 aliphatic heterocycles. The Morgan fingerprint density at radius 2 is 1.96 bits per heavy atom. The van der Waals surface area contributed by atoms with Crippen molar-refractivity contribution in [1.29, 1.82) is 0 Å². The molecule has 0 aliphatic rings. The Morgan fingerprint density at radius 1 is 1.15 bits per heavy atom. The third-order valence-electron chi connectivity index (χ3n) is 4.52. The SMILES string of the molecule is CCN(C(=O)CSc1ncnc2c1[nH]c1ccc(C)cc12)c1ccccc1. The minimum absolute atomic E-state index is 0.0624. The normalized spacial score (nSPS) is 11.2. The molecule has 1 amide bonds. The molecule has 2 aromatic carbocycles. The number of amides is 1. The van der Waals surface area contributed by atoms with Crippen LogP contribution in [0.5, 0.6) is 0 Å². The van der Waals surface area contributed by atoms with Crippen molar-refractivity contribution in [2.24, 2.45) is 0 Å². The molecule has 0 aliphatic carbocycles. The zero-order valence-electron chi connectivity index (χ0n) is 15.3. The predicted octanol–water partition coefficient (Wildman–Crippen LogP) is 4.56. The van der Waals surface area contributed by atoms with Crippen LogP contribution in [0.1, 0.15) is 12.5 Å². The summed E-state index contributed by atoms with van der Waals surface area (Å²) in [7, 11) is 0. The van der Waals surface area contributed by atoms with Gasteiger partial charge < -0.3 is 9.88 Å². The molecule has 0 saturated carbocycles. The summed E-state index contributed by atoms with van der Waals surface area (Å²) in [6, 6.07) is 16.0. The van der Waals surface area contributed by atoms with Crippen LogP contribution in [0.4, 0.5) is 5.69 Å². The number of nitrogens with zero attached hydrogens (tertiary/aromatic N) is 3. The molecule has 0 fully saturated rings. The zero-order chi connectivity index (χ0) is 18.8. The first kappa shape index (κ1) is 17.5. The third-order valence-corrected chi connectivity index (χ3v) is 5.49. The van der Waals surface area contributed by atoms with Crippen molar-refractivity contribution in [3.8, 4) is 0 Å². The van der Waals surface area contributed by atoms with E-state index in [1.807, 2.05) is 37.3 Å². The number of fused-ring (bicyclic) bond motifs is 3. The van der Waals surface area contributed by atoms with Crippen molar-refractivity contribution < 1.29 is 4.79 Å². The lowest BCUT2D eigenvalue weighted by atomic mass is 10.2. The second-order valence-corrected chi connectivity index (χ2v) is 7.30. The first-order chi connectivity index (χ1) is 13.2. The summed E-state index contributed by atoms with van der Waals surface area (Å²) in [5, 5.41) is 1.88. The minimum Gasteiger partial charge on any atom is -0.351 e. The smallest absolute Gasteiger partial charge is 0.237 e. The molecule has 2 heterocycles. The lowest BCUT2D eigenvalue weighted by molar-refractivity contribution is -0.116. The molecular weight excluding hydrogens is 356 g/mol. The molecule has 2 aromatic heterocycles. The van der Waals surface area contributed by atoms with Gasteiger partial charge in [0.05, 0.1) is 11.3 Å². The molecule has 0 saturated heterocycles. The van der Waals surface area contributed by atoms with Gasteiger partial charge in [0.15, 0.2) is 0 Å². The topological polar surface area (TPSA) is 61.9 Å². The number of benzene rings is 2. The van der Waals surface area contributed by atoms with Gasteiger partial charge in [-0.1, -0.05) is 41.6 Å². The highest BCUT2D eigenvalue weighted by Gasteiger charge is 2.16. The molecule has 4 aromatic rings. The molecule has 5 nitrogen and oxygen atoms in total. The summed E-state index contributed by atoms with van der Waals surface area (Å²) in [6.45, 7) is 4.68. The fourth-order valence-electron chi connectivity index (χ4n) is 3.21. The van der Waals surface area contributed by atoms with Crippen molar-refractivity contribution >= 4 is 45.3 Å². The average molecular weight is 376 g/mol. The van der Waals surface area contributed by atoms with E-state index in [1.165, 1.54) is 17.3 Å². The summed E-state index contributed by atoms with van der Waals surface area (Å²) < 4.78 is 0. The highest BCUT2D eigenvalue weighted by atomic mass is 32.2. The van der Waals surface area contributed by atoms with Crippen LogP contribution in [-0.2, 0) is 4.79 Å². The highest BCUT2D eigenvalue weighted by molar-refractivity contribution is 8.00. The first-order valence-electron chi connectivity index (χ1n) is 8.88. The van der Waals surface area contributed by atoms with Gasteiger partial charge in [-0.05, 0) is 38.1 Å². The maximum absolute atomic E-state index is 12.8. The van der Waals surface area contributed by atoms with Gasteiger partial charge in [-0.3, -0.25) is 4.79 Å². The first-order valence-corrected chi connectivity index (χ1v) is 9.87. The van der Waals surface area contributed by atoms with E-state index in [-0.39, 0.29) is 5.91 Å². The van der Waals surface area contributed by atoms with E-state index in [4.69, 9.17) is 0 Å². The van der Waals surface area contributed by atoms with E-state index < -0.39 is 0 Å². The number of nitrogens with one attached hydrogen (secondary N) is 1. The van der Waals surface area contributed by atoms with E-state index in [9.17, 15) is 4.79 Å². The van der Waals surface area contributed by atoms with Crippen LogP contribution in [0.2, 0.25) is 0 Å². The lowest BCUT2D eigenvalue weighted by Gasteiger charge is -2.20. The van der Waals surface area contributed by atoms with Crippen molar-refractivity contribution in [3.05, 3.63) is 60.4 Å². The van der Waals surface area contributed by atoms with E-state index in [0.29, 0.717) is 12.3 Å². The molecule has 0 bridgehead atoms. The Balaban J connectivity index is 1.60. The van der Waals surface area contributed by atoms with Crippen LogP contribution in [-0.4, -0.2) is 33.2 Å². The third kappa shape index (κ3) is 3.40. The molecule has 4 rings (SSSR count). The lowest BCUT2D eigenvalue weighted by Crippen LogP contribution is -2.32. The number of rotatable bonds is 5. The van der Waals surface area contributed by atoms with Gasteiger partial charge in [-0.25, -0.2) is 9.97 Å². The molecule has 136 valence electrons. The maximum atomic E-state index is 12.8. The number of carbonyl (C=O) groups is 1. The van der Waals surface area contributed by atoms with E-state index >= 15 is 0 Å². The van der Waals surface area contributed by atoms with Gasteiger partial charge in [0.2, 0.25) is 5.91 Å². The maximum Gasteiger partial charge on any atom is 0.237 e. The van der Waals surface area contributed by atoms with Crippen molar-refractivity contribution in [2.75, 3.05) is 17.2 Å². The van der Waals surface area contributed by atoms with Crippen molar-refractivity contribution in [1.82, 2.24) is 15.0 Å². The Kier molecular flexibility index (Phi) is 4.81. The van der Waals surface area contributed by atoms with Gasteiger partial charge >= 0.3 is 0 Å². The van der Waals surface area contributed by atoms with Crippen molar-refractivity contribution in [2.45, 2.75) is 18.9 Å². The predicted molar refractivity (Wildman–Crippen MR) is 111 cm³/mol. The van der Waals surface area contributed by atoms with Gasteiger partial charge in [-0.15, -0.1) is 0 Å². The summed E-state index contributed by atoms with van der Waals surface area (Å²) in [5.74, 6) is 0.385. The van der Waals surface area contributed by atoms with E-state index in [0.717, 1.165) is 32.6 Å². The van der Waals surface area contributed by atoms with Gasteiger partial charge in [0, 0.05) is 23.1 Å². The molecule has 0 radical (unpaired) electrons. The Hall–Kier alpha value is -2.86.